The van der Waals surface area contributed by atoms with E-state index in [2.05, 4.69) is 19.2 Å². The van der Waals surface area contributed by atoms with Crippen molar-refractivity contribution >= 4 is 11.8 Å². The van der Waals surface area contributed by atoms with Crippen LogP contribution in [0.1, 0.15) is 59.3 Å². The second-order valence-corrected chi connectivity index (χ2v) is 4.61. The van der Waals surface area contributed by atoms with Crippen LogP contribution in [-0.4, -0.2) is 36.3 Å². The van der Waals surface area contributed by atoms with Gasteiger partial charge in [-0.05, 0) is 19.3 Å². The zero-order valence-corrected chi connectivity index (χ0v) is 12.1. The molecular weight excluding hydrogens is 228 g/mol. The highest BCUT2D eigenvalue weighted by Gasteiger charge is 2.19. The van der Waals surface area contributed by atoms with Crippen molar-refractivity contribution in [1.29, 1.82) is 0 Å². The predicted molar refractivity (Wildman–Crippen MR) is 74.3 cm³/mol. The van der Waals surface area contributed by atoms with Crippen LogP contribution in [0.3, 0.4) is 0 Å². The summed E-state index contributed by atoms with van der Waals surface area (Å²) in [5, 5.41) is 2.70. The van der Waals surface area contributed by atoms with Crippen molar-refractivity contribution in [2.75, 3.05) is 19.6 Å². The first-order valence-electron chi connectivity index (χ1n) is 7.24. The number of carbonyl (C=O) groups is 2. The third-order valence-electron chi connectivity index (χ3n) is 2.82. The highest BCUT2D eigenvalue weighted by molar-refractivity contribution is 6.34. The largest absolute Gasteiger partial charge is 0.348 e. The van der Waals surface area contributed by atoms with Gasteiger partial charge in [0.25, 0.3) is 0 Å². The first kappa shape index (κ1) is 16.9. The van der Waals surface area contributed by atoms with E-state index in [0.717, 1.165) is 38.5 Å². The van der Waals surface area contributed by atoms with E-state index in [1.165, 1.54) is 0 Å². The highest BCUT2D eigenvalue weighted by Crippen LogP contribution is 1.98. The number of hydrogen-bond acceptors (Lipinski definition) is 2. The Kier molecular flexibility index (Phi) is 10.4. The van der Waals surface area contributed by atoms with Crippen LogP contribution in [0.4, 0.5) is 0 Å². The summed E-state index contributed by atoms with van der Waals surface area (Å²) in [4.78, 5) is 25.3. The van der Waals surface area contributed by atoms with Gasteiger partial charge in [0.15, 0.2) is 0 Å². The first-order chi connectivity index (χ1) is 8.67. The van der Waals surface area contributed by atoms with Crippen LogP contribution in [0.25, 0.3) is 0 Å². The lowest BCUT2D eigenvalue weighted by molar-refractivity contribution is -0.145. The third-order valence-corrected chi connectivity index (χ3v) is 2.82. The van der Waals surface area contributed by atoms with Crippen molar-refractivity contribution in [1.82, 2.24) is 10.2 Å². The second kappa shape index (κ2) is 11.1. The molecule has 0 spiro atoms. The maximum absolute atomic E-state index is 11.9. The summed E-state index contributed by atoms with van der Waals surface area (Å²) in [5.41, 5.74) is 0. The van der Waals surface area contributed by atoms with Gasteiger partial charge in [0.05, 0.1) is 0 Å². The molecule has 4 heteroatoms. The zero-order chi connectivity index (χ0) is 13.8. The molecule has 18 heavy (non-hydrogen) atoms. The summed E-state index contributed by atoms with van der Waals surface area (Å²) in [5.74, 6) is -0.822. The van der Waals surface area contributed by atoms with Crippen LogP contribution >= 0.6 is 0 Å². The van der Waals surface area contributed by atoms with E-state index >= 15 is 0 Å². The van der Waals surface area contributed by atoms with Gasteiger partial charge in [-0.3, -0.25) is 9.59 Å². The van der Waals surface area contributed by atoms with Gasteiger partial charge < -0.3 is 10.2 Å². The smallest absolute Gasteiger partial charge is 0.311 e. The molecule has 0 heterocycles. The SMILES string of the molecule is CCCCCNC(=O)C(=O)N(CCC)CCCC. The van der Waals surface area contributed by atoms with Crippen LogP contribution in [0, 0.1) is 0 Å². The molecule has 0 saturated carbocycles. The van der Waals surface area contributed by atoms with Crippen LogP contribution in [0.2, 0.25) is 0 Å². The molecule has 0 aromatic rings. The Labute approximate surface area is 111 Å². The van der Waals surface area contributed by atoms with E-state index in [4.69, 9.17) is 0 Å². The summed E-state index contributed by atoms with van der Waals surface area (Å²) in [6.45, 7) is 8.17. The van der Waals surface area contributed by atoms with Crippen molar-refractivity contribution in [3.8, 4) is 0 Å². The van der Waals surface area contributed by atoms with Crippen molar-refractivity contribution in [2.24, 2.45) is 0 Å². The van der Waals surface area contributed by atoms with Crippen molar-refractivity contribution in [3.63, 3.8) is 0 Å². The predicted octanol–water partition coefficient (Wildman–Crippen LogP) is 2.33. The van der Waals surface area contributed by atoms with E-state index in [0.29, 0.717) is 19.6 Å². The van der Waals surface area contributed by atoms with E-state index in [1.54, 1.807) is 4.90 Å². The number of unbranched alkanes of at least 4 members (excludes halogenated alkanes) is 3. The molecule has 0 rings (SSSR count). The van der Waals surface area contributed by atoms with E-state index in [9.17, 15) is 9.59 Å². The molecule has 0 aliphatic heterocycles. The number of rotatable bonds is 9. The average Bonchev–Trinajstić information content (AvgIpc) is 2.38. The molecule has 0 saturated heterocycles. The molecule has 106 valence electrons. The minimum absolute atomic E-state index is 0.373. The quantitative estimate of drug-likeness (QED) is 0.508. The Morgan fingerprint density at radius 3 is 2.11 bits per heavy atom. The minimum atomic E-state index is -0.448. The fourth-order valence-corrected chi connectivity index (χ4v) is 1.73. The topological polar surface area (TPSA) is 49.4 Å². The summed E-state index contributed by atoms with van der Waals surface area (Å²) >= 11 is 0. The molecule has 0 bridgehead atoms. The molecule has 0 aliphatic rings. The molecule has 2 amide bonds. The molecule has 0 aromatic heterocycles. The van der Waals surface area contributed by atoms with Gasteiger partial charge in [-0.25, -0.2) is 0 Å². The highest BCUT2D eigenvalue weighted by atomic mass is 16.2. The number of nitrogens with zero attached hydrogens (tertiary/aromatic N) is 1. The van der Waals surface area contributed by atoms with Crippen LogP contribution in [0.5, 0.6) is 0 Å². The summed E-state index contributed by atoms with van der Waals surface area (Å²) < 4.78 is 0. The summed E-state index contributed by atoms with van der Waals surface area (Å²) in [6.07, 6.45) is 6.02. The fraction of sp³-hybridized carbons (Fsp3) is 0.857. The van der Waals surface area contributed by atoms with E-state index < -0.39 is 5.91 Å². The molecular formula is C14H28N2O2. The maximum Gasteiger partial charge on any atom is 0.311 e. The number of carbonyl (C=O) groups excluding carboxylic acids is 2. The molecule has 0 atom stereocenters. The monoisotopic (exact) mass is 256 g/mol. The van der Waals surface area contributed by atoms with Crippen LogP contribution < -0.4 is 5.32 Å². The Hall–Kier alpha value is -1.06. The van der Waals surface area contributed by atoms with Gasteiger partial charge in [-0.1, -0.05) is 40.0 Å². The molecule has 0 fully saturated rings. The lowest BCUT2D eigenvalue weighted by atomic mass is 10.2. The van der Waals surface area contributed by atoms with Crippen LogP contribution in [-0.2, 0) is 9.59 Å². The average molecular weight is 256 g/mol. The van der Waals surface area contributed by atoms with Crippen LogP contribution in [0.15, 0.2) is 0 Å². The Morgan fingerprint density at radius 1 is 0.889 bits per heavy atom. The van der Waals surface area contributed by atoms with E-state index in [1.807, 2.05) is 6.92 Å². The van der Waals surface area contributed by atoms with Gasteiger partial charge in [-0.2, -0.15) is 0 Å². The number of hydrogen-bond donors (Lipinski definition) is 1. The van der Waals surface area contributed by atoms with Crippen molar-refractivity contribution in [2.45, 2.75) is 59.3 Å². The third kappa shape index (κ3) is 7.30. The van der Waals surface area contributed by atoms with Gasteiger partial charge in [-0.15, -0.1) is 0 Å². The lowest BCUT2D eigenvalue weighted by Crippen LogP contribution is -2.44. The maximum atomic E-state index is 11.9. The Morgan fingerprint density at radius 2 is 1.56 bits per heavy atom. The van der Waals surface area contributed by atoms with Gasteiger partial charge in [0.1, 0.15) is 0 Å². The number of amides is 2. The van der Waals surface area contributed by atoms with E-state index in [-0.39, 0.29) is 5.91 Å². The number of nitrogens with one attached hydrogen (secondary N) is 1. The molecule has 4 nitrogen and oxygen atoms in total. The molecule has 0 aromatic carbocycles. The Bertz CT molecular complexity index is 242. The minimum Gasteiger partial charge on any atom is -0.348 e. The molecule has 0 radical (unpaired) electrons. The van der Waals surface area contributed by atoms with Crippen molar-refractivity contribution < 1.29 is 9.59 Å². The lowest BCUT2D eigenvalue weighted by Gasteiger charge is -2.21. The van der Waals surface area contributed by atoms with Gasteiger partial charge in [0.2, 0.25) is 0 Å². The molecule has 0 aliphatic carbocycles. The fourth-order valence-electron chi connectivity index (χ4n) is 1.73. The Balaban J connectivity index is 4.07. The standard InChI is InChI=1S/C14H28N2O2/c1-4-7-9-10-15-13(17)14(18)16(11-6-3)12-8-5-2/h4-12H2,1-3H3,(H,15,17). The molecule has 1 N–H and O–H groups in total. The first-order valence-corrected chi connectivity index (χ1v) is 7.24. The summed E-state index contributed by atoms with van der Waals surface area (Å²) in [6, 6.07) is 0. The summed E-state index contributed by atoms with van der Waals surface area (Å²) in [7, 11) is 0. The zero-order valence-electron chi connectivity index (χ0n) is 12.1. The van der Waals surface area contributed by atoms with Gasteiger partial charge in [0, 0.05) is 19.6 Å². The normalized spacial score (nSPS) is 10.2. The molecule has 0 unspecified atom stereocenters. The van der Waals surface area contributed by atoms with Gasteiger partial charge >= 0.3 is 11.8 Å². The second-order valence-electron chi connectivity index (χ2n) is 4.61. The van der Waals surface area contributed by atoms with Crippen molar-refractivity contribution in [3.05, 3.63) is 0 Å².